The fraction of sp³-hybridized carbons (Fsp3) is 0.214. The second kappa shape index (κ2) is 5.85. The molecule has 0 saturated carbocycles. The average molecular weight is 381 g/mol. The summed E-state index contributed by atoms with van der Waals surface area (Å²) < 4.78 is 44.0. The molecule has 7 heteroatoms. The molecular weight excluding hydrogens is 371 g/mol. The van der Waals surface area contributed by atoms with Crippen LogP contribution in [0.3, 0.4) is 0 Å². The average Bonchev–Trinajstić information content (AvgIpc) is 2.37. The maximum Gasteiger partial charge on any atom is 0.417 e. The molecule has 0 unspecified atom stereocenters. The third-order valence-electron chi connectivity index (χ3n) is 2.76. The zero-order valence-electron chi connectivity index (χ0n) is 11.1. The van der Waals surface area contributed by atoms with Gasteiger partial charge in [0.05, 0.1) is 5.56 Å². The molecular formula is C14H10BrClF3NO. The largest absolute Gasteiger partial charge is 0.438 e. The minimum atomic E-state index is -4.49. The number of rotatable bonds is 2. The number of hydrogen-bond acceptors (Lipinski definition) is 2. The molecule has 0 spiro atoms. The molecule has 0 amide bonds. The van der Waals surface area contributed by atoms with Crippen molar-refractivity contribution < 1.29 is 17.9 Å². The maximum absolute atomic E-state index is 12.5. The predicted octanol–water partition coefficient (Wildman–Crippen LogP) is 5.93. The van der Waals surface area contributed by atoms with Crippen LogP contribution in [0.2, 0.25) is 5.02 Å². The van der Waals surface area contributed by atoms with Gasteiger partial charge in [0.15, 0.2) is 0 Å². The molecule has 2 rings (SSSR count). The van der Waals surface area contributed by atoms with Crippen LogP contribution < -0.4 is 4.74 Å². The quantitative estimate of drug-likeness (QED) is 0.644. The number of nitrogens with zero attached hydrogens (tertiary/aromatic N) is 1. The van der Waals surface area contributed by atoms with Crippen molar-refractivity contribution in [1.82, 2.24) is 4.98 Å². The molecule has 0 atom stereocenters. The molecule has 0 fully saturated rings. The molecule has 2 aromatic rings. The molecule has 0 aliphatic heterocycles. The smallest absolute Gasteiger partial charge is 0.417 e. The van der Waals surface area contributed by atoms with E-state index in [1.807, 2.05) is 13.8 Å². The Kier molecular flexibility index (Phi) is 4.49. The number of halogens is 5. The van der Waals surface area contributed by atoms with Crippen LogP contribution in [-0.4, -0.2) is 4.98 Å². The Labute approximate surface area is 133 Å². The van der Waals surface area contributed by atoms with E-state index >= 15 is 0 Å². The van der Waals surface area contributed by atoms with Gasteiger partial charge in [-0.25, -0.2) is 4.98 Å². The standard InChI is InChI=1S/C14H10BrClF3NO/c1-7-3-10(4-8(2)12(7)15)21-13-11(16)5-9(6-20-13)14(17,18)19/h3-6H,1-2H3. The van der Waals surface area contributed by atoms with Crippen LogP contribution in [0.25, 0.3) is 0 Å². The van der Waals surface area contributed by atoms with E-state index in [0.29, 0.717) is 11.9 Å². The Hall–Kier alpha value is -1.27. The van der Waals surface area contributed by atoms with E-state index in [-0.39, 0.29) is 10.9 Å². The fourth-order valence-corrected chi connectivity index (χ4v) is 2.17. The third kappa shape index (κ3) is 3.68. The van der Waals surface area contributed by atoms with Crippen LogP contribution in [-0.2, 0) is 6.18 Å². The summed E-state index contributed by atoms with van der Waals surface area (Å²) in [7, 11) is 0. The molecule has 2 nitrogen and oxygen atoms in total. The van der Waals surface area contributed by atoms with Crippen LogP contribution in [0.5, 0.6) is 11.6 Å². The van der Waals surface area contributed by atoms with Gasteiger partial charge in [-0.3, -0.25) is 0 Å². The summed E-state index contributed by atoms with van der Waals surface area (Å²) in [6.07, 6.45) is -3.79. The van der Waals surface area contributed by atoms with Crippen molar-refractivity contribution >= 4 is 27.5 Å². The van der Waals surface area contributed by atoms with Crippen molar-refractivity contribution in [2.24, 2.45) is 0 Å². The summed E-state index contributed by atoms with van der Waals surface area (Å²) in [5.41, 5.74) is 0.962. The zero-order chi connectivity index (χ0) is 15.8. The van der Waals surface area contributed by atoms with Crippen molar-refractivity contribution in [3.63, 3.8) is 0 Å². The third-order valence-corrected chi connectivity index (χ3v) is 4.28. The van der Waals surface area contributed by atoms with E-state index in [1.54, 1.807) is 12.1 Å². The Morgan fingerprint density at radius 3 is 2.19 bits per heavy atom. The van der Waals surface area contributed by atoms with Crippen LogP contribution in [0.1, 0.15) is 16.7 Å². The van der Waals surface area contributed by atoms with Crippen LogP contribution in [0.4, 0.5) is 13.2 Å². The van der Waals surface area contributed by atoms with E-state index in [0.717, 1.165) is 21.7 Å². The van der Waals surface area contributed by atoms with Gasteiger partial charge in [-0.05, 0) is 43.2 Å². The minimum Gasteiger partial charge on any atom is -0.438 e. The first-order valence-corrected chi connectivity index (χ1v) is 7.03. The number of ether oxygens (including phenoxy) is 1. The summed E-state index contributed by atoms with van der Waals surface area (Å²) in [5, 5.41) is -0.192. The van der Waals surface area contributed by atoms with Gasteiger partial charge in [0.1, 0.15) is 10.8 Å². The van der Waals surface area contributed by atoms with Gasteiger partial charge >= 0.3 is 6.18 Å². The van der Waals surface area contributed by atoms with Gasteiger partial charge < -0.3 is 4.74 Å². The topological polar surface area (TPSA) is 22.1 Å². The van der Waals surface area contributed by atoms with Crippen LogP contribution in [0.15, 0.2) is 28.9 Å². The molecule has 1 aromatic carbocycles. The molecule has 1 heterocycles. The van der Waals surface area contributed by atoms with Crippen molar-refractivity contribution in [1.29, 1.82) is 0 Å². The summed E-state index contributed by atoms with van der Waals surface area (Å²) in [6.45, 7) is 3.76. The number of aryl methyl sites for hydroxylation is 2. The highest BCUT2D eigenvalue weighted by Crippen LogP contribution is 2.35. The van der Waals surface area contributed by atoms with Crippen LogP contribution >= 0.6 is 27.5 Å². The van der Waals surface area contributed by atoms with Gasteiger partial charge in [0.25, 0.3) is 0 Å². The van der Waals surface area contributed by atoms with Crippen molar-refractivity contribution in [2.75, 3.05) is 0 Å². The molecule has 0 aliphatic carbocycles. The number of pyridine rings is 1. The lowest BCUT2D eigenvalue weighted by Crippen LogP contribution is -2.05. The summed E-state index contributed by atoms with van der Waals surface area (Å²) in [5.74, 6) is 0.396. The lowest BCUT2D eigenvalue weighted by molar-refractivity contribution is -0.137. The number of aromatic nitrogens is 1. The molecule has 0 bridgehead atoms. The van der Waals surface area contributed by atoms with Gasteiger partial charge in [0.2, 0.25) is 5.88 Å². The van der Waals surface area contributed by atoms with E-state index in [2.05, 4.69) is 20.9 Å². The van der Waals surface area contributed by atoms with Gasteiger partial charge in [-0.2, -0.15) is 13.2 Å². The first-order valence-electron chi connectivity index (χ1n) is 5.86. The Morgan fingerprint density at radius 1 is 1.14 bits per heavy atom. The summed E-state index contributed by atoms with van der Waals surface area (Å²) in [6, 6.07) is 4.28. The predicted molar refractivity (Wildman–Crippen MR) is 77.9 cm³/mol. The molecule has 112 valence electrons. The monoisotopic (exact) mass is 379 g/mol. The highest BCUT2D eigenvalue weighted by atomic mass is 79.9. The number of benzene rings is 1. The Morgan fingerprint density at radius 2 is 1.71 bits per heavy atom. The lowest BCUT2D eigenvalue weighted by atomic mass is 10.1. The van der Waals surface area contributed by atoms with Gasteiger partial charge in [-0.15, -0.1) is 0 Å². The SMILES string of the molecule is Cc1cc(Oc2ncc(C(F)(F)F)cc2Cl)cc(C)c1Br. The van der Waals surface area contributed by atoms with E-state index < -0.39 is 11.7 Å². The van der Waals surface area contributed by atoms with Gasteiger partial charge in [-0.1, -0.05) is 27.5 Å². The Bertz CT molecular complexity index is 665. The zero-order valence-corrected chi connectivity index (χ0v) is 13.4. The summed E-state index contributed by atoms with van der Waals surface area (Å²) >= 11 is 9.22. The molecule has 21 heavy (non-hydrogen) atoms. The second-order valence-electron chi connectivity index (χ2n) is 4.48. The van der Waals surface area contributed by atoms with E-state index in [9.17, 15) is 13.2 Å². The first-order chi connectivity index (χ1) is 9.68. The van der Waals surface area contributed by atoms with Gasteiger partial charge in [0, 0.05) is 10.7 Å². The molecule has 0 aliphatic rings. The van der Waals surface area contributed by atoms with Crippen molar-refractivity contribution in [3.05, 3.63) is 50.6 Å². The normalized spacial score (nSPS) is 11.6. The minimum absolute atomic E-state index is 0.0641. The Balaban J connectivity index is 2.32. The lowest BCUT2D eigenvalue weighted by Gasteiger charge is -2.12. The number of alkyl halides is 3. The first kappa shape index (κ1) is 16.1. The van der Waals surface area contributed by atoms with Crippen molar-refractivity contribution in [2.45, 2.75) is 20.0 Å². The molecule has 1 aromatic heterocycles. The number of hydrogen-bond donors (Lipinski definition) is 0. The van der Waals surface area contributed by atoms with Crippen LogP contribution in [0, 0.1) is 13.8 Å². The van der Waals surface area contributed by atoms with E-state index in [4.69, 9.17) is 16.3 Å². The molecule has 0 radical (unpaired) electrons. The molecule has 0 N–H and O–H groups in total. The second-order valence-corrected chi connectivity index (χ2v) is 5.68. The highest BCUT2D eigenvalue weighted by molar-refractivity contribution is 9.10. The molecule has 0 saturated heterocycles. The maximum atomic E-state index is 12.5. The summed E-state index contributed by atoms with van der Waals surface area (Å²) in [4.78, 5) is 3.64. The fourth-order valence-electron chi connectivity index (χ4n) is 1.73. The van der Waals surface area contributed by atoms with E-state index in [1.165, 1.54) is 0 Å². The van der Waals surface area contributed by atoms with Crippen molar-refractivity contribution in [3.8, 4) is 11.6 Å². The highest BCUT2D eigenvalue weighted by Gasteiger charge is 2.31.